The molecule has 1 amide bonds. The zero-order valence-corrected chi connectivity index (χ0v) is 17.2. The largest absolute Gasteiger partial charge is 0.497 e. The van der Waals surface area contributed by atoms with E-state index in [4.69, 9.17) is 9.47 Å². The number of benzene rings is 2. The van der Waals surface area contributed by atoms with Gasteiger partial charge in [0.2, 0.25) is 5.91 Å². The molecule has 6 heteroatoms. The summed E-state index contributed by atoms with van der Waals surface area (Å²) in [6.07, 6.45) is 0. The van der Waals surface area contributed by atoms with Crippen LogP contribution in [0, 0.1) is 0 Å². The molecule has 0 unspecified atom stereocenters. The van der Waals surface area contributed by atoms with Crippen LogP contribution in [0.1, 0.15) is 16.7 Å². The first kappa shape index (κ1) is 20.7. The highest BCUT2D eigenvalue weighted by Crippen LogP contribution is 2.16. The van der Waals surface area contributed by atoms with Crippen LogP contribution in [-0.4, -0.2) is 50.0 Å². The van der Waals surface area contributed by atoms with E-state index in [-0.39, 0.29) is 5.91 Å². The molecule has 0 aromatic heterocycles. The molecule has 1 aliphatic rings. The minimum atomic E-state index is 0.0657. The molecule has 28 heavy (non-hydrogen) atoms. The van der Waals surface area contributed by atoms with Crippen LogP contribution in [0.2, 0.25) is 0 Å². The van der Waals surface area contributed by atoms with Crippen molar-refractivity contribution in [2.75, 3.05) is 39.2 Å². The molecule has 0 bridgehead atoms. The number of rotatable bonds is 9. The summed E-state index contributed by atoms with van der Waals surface area (Å²) in [6.45, 7) is 5.15. The molecule has 0 aliphatic carbocycles. The van der Waals surface area contributed by atoms with Crippen molar-refractivity contribution in [1.29, 1.82) is 0 Å². The Bertz CT molecular complexity index is 728. The molecule has 0 saturated carbocycles. The van der Waals surface area contributed by atoms with Gasteiger partial charge in [0.25, 0.3) is 0 Å². The van der Waals surface area contributed by atoms with Gasteiger partial charge in [-0.25, -0.2) is 0 Å². The molecule has 150 valence electrons. The maximum absolute atomic E-state index is 12.1. The van der Waals surface area contributed by atoms with Crippen molar-refractivity contribution in [3.05, 3.63) is 65.2 Å². The number of morpholine rings is 1. The molecule has 0 radical (unpaired) electrons. The second-order valence-corrected chi connectivity index (χ2v) is 7.81. The average Bonchev–Trinajstić information content (AvgIpc) is 2.74. The SMILES string of the molecule is COc1ccc(CSCC(=O)NCc2ccc(CN3CCOCC3)cc2)cc1. The predicted molar refractivity (Wildman–Crippen MR) is 114 cm³/mol. The lowest BCUT2D eigenvalue weighted by Crippen LogP contribution is -2.35. The standard InChI is InChI=1S/C22H28N2O3S/c1-26-21-8-6-20(7-9-21)16-28-17-22(25)23-14-18-2-4-19(5-3-18)15-24-10-12-27-13-11-24/h2-9H,10-17H2,1H3,(H,23,25). The van der Waals surface area contributed by atoms with Crippen molar-refractivity contribution >= 4 is 17.7 Å². The van der Waals surface area contributed by atoms with Gasteiger partial charge in [-0.15, -0.1) is 11.8 Å². The number of nitrogens with zero attached hydrogens (tertiary/aromatic N) is 1. The van der Waals surface area contributed by atoms with Gasteiger partial charge in [0.15, 0.2) is 0 Å². The summed E-state index contributed by atoms with van der Waals surface area (Å²) in [4.78, 5) is 14.5. The van der Waals surface area contributed by atoms with Crippen molar-refractivity contribution in [3.63, 3.8) is 0 Å². The maximum atomic E-state index is 12.1. The van der Waals surface area contributed by atoms with E-state index >= 15 is 0 Å². The van der Waals surface area contributed by atoms with Crippen LogP contribution in [0.5, 0.6) is 5.75 Å². The van der Waals surface area contributed by atoms with Crippen LogP contribution in [0.4, 0.5) is 0 Å². The number of hydrogen-bond donors (Lipinski definition) is 1. The highest BCUT2D eigenvalue weighted by Gasteiger charge is 2.10. The molecular weight excluding hydrogens is 372 g/mol. The van der Waals surface area contributed by atoms with E-state index in [2.05, 4.69) is 34.5 Å². The molecule has 2 aromatic carbocycles. The number of amides is 1. The van der Waals surface area contributed by atoms with E-state index in [1.165, 1.54) is 11.1 Å². The Morgan fingerprint density at radius 2 is 1.68 bits per heavy atom. The first-order valence-electron chi connectivity index (χ1n) is 9.58. The van der Waals surface area contributed by atoms with Crippen LogP contribution in [0.25, 0.3) is 0 Å². The van der Waals surface area contributed by atoms with Gasteiger partial charge in [-0.05, 0) is 28.8 Å². The Balaban J connectivity index is 1.34. The number of nitrogens with one attached hydrogen (secondary N) is 1. The molecule has 0 spiro atoms. The lowest BCUT2D eigenvalue weighted by atomic mass is 10.1. The summed E-state index contributed by atoms with van der Waals surface area (Å²) in [5.74, 6) is 2.19. The van der Waals surface area contributed by atoms with Gasteiger partial charge in [0, 0.05) is 31.9 Å². The van der Waals surface area contributed by atoms with E-state index in [0.29, 0.717) is 12.3 Å². The number of methoxy groups -OCH3 is 1. The lowest BCUT2D eigenvalue weighted by Gasteiger charge is -2.26. The number of carbonyl (C=O) groups excluding carboxylic acids is 1. The molecule has 1 saturated heterocycles. The molecule has 5 nitrogen and oxygen atoms in total. The molecule has 2 aromatic rings. The third-order valence-electron chi connectivity index (χ3n) is 4.68. The van der Waals surface area contributed by atoms with Crippen LogP contribution in [0.3, 0.4) is 0 Å². The van der Waals surface area contributed by atoms with Gasteiger partial charge in [0.1, 0.15) is 5.75 Å². The zero-order chi connectivity index (χ0) is 19.6. The minimum absolute atomic E-state index is 0.0657. The number of ether oxygens (including phenoxy) is 2. The molecule has 3 rings (SSSR count). The number of carbonyl (C=O) groups is 1. The van der Waals surface area contributed by atoms with Gasteiger partial charge in [-0.3, -0.25) is 9.69 Å². The van der Waals surface area contributed by atoms with Crippen LogP contribution < -0.4 is 10.1 Å². The van der Waals surface area contributed by atoms with Gasteiger partial charge in [-0.2, -0.15) is 0 Å². The van der Waals surface area contributed by atoms with E-state index in [1.807, 2.05) is 24.3 Å². The molecule has 1 fully saturated rings. The maximum Gasteiger partial charge on any atom is 0.230 e. The van der Waals surface area contributed by atoms with Crippen molar-refractivity contribution in [2.45, 2.75) is 18.8 Å². The van der Waals surface area contributed by atoms with Crippen LogP contribution in [-0.2, 0) is 28.4 Å². The van der Waals surface area contributed by atoms with Crippen LogP contribution >= 0.6 is 11.8 Å². The Labute approximate surface area is 171 Å². The molecule has 1 aliphatic heterocycles. The van der Waals surface area contributed by atoms with Gasteiger partial charge >= 0.3 is 0 Å². The van der Waals surface area contributed by atoms with E-state index in [9.17, 15) is 4.79 Å². The summed E-state index contributed by atoms with van der Waals surface area (Å²) >= 11 is 1.62. The summed E-state index contributed by atoms with van der Waals surface area (Å²) in [7, 11) is 1.66. The van der Waals surface area contributed by atoms with Gasteiger partial charge in [-0.1, -0.05) is 36.4 Å². The van der Waals surface area contributed by atoms with Crippen molar-refractivity contribution in [2.24, 2.45) is 0 Å². The molecule has 0 atom stereocenters. The summed E-state index contributed by atoms with van der Waals surface area (Å²) in [6, 6.07) is 16.4. The number of hydrogen-bond acceptors (Lipinski definition) is 5. The third kappa shape index (κ3) is 6.86. The average molecular weight is 401 g/mol. The molecular formula is C22H28N2O3S. The fraction of sp³-hybridized carbons (Fsp3) is 0.409. The zero-order valence-electron chi connectivity index (χ0n) is 16.4. The lowest BCUT2D eigenvalue weighted by molar-refractivity contribution is -0.118. The fourth-order valence-corrected chi connectivity index (χ4v) is 3.83. The smallest absolute Gasteiger partial charge is 0.230 e. The Morgan fingerprint density at radius 1 is 1.04 bits per heavy atom. The predicted octanol–water partition coefficient (Wildman–Crippen LogP) is 3.08. The monoisotopic (exact) mass is 400 g/mol. The second-order valence-electron chi connectivity index (χ2n) is 6.82. The van der Waals surface area contributed by atoms with Crippen molar-refractivity contribution in [3.8, 4) is 5.75 Å². The Kier molecular flexibility index (Phi) is 8.21. The summed E-state index contributed by atoms with van der Waals surface area (Å²) < 4.78 is 10.5. The van der Waals surface area contributed by atoms with Crippen molar-refractivity contribution in [1.82, 2.24) is 10.2 Å². The van der Waals surface area contributed by atoms with E-state index in [0.717, 1.165) is 49.9 Å². The number of thioether (sulfide) groups is 1. The minimum Gasteiger partial charge on any atom is -0.497 e. The highest BCUT2D eigenvalue weighted by atomic mass is 32.2. The Morgan fingerprint density at radius 3 is 2.36 bits per heavy atom. The first-order valence-corrected chi connectivity index (χ1v) is 10.7. The summed E-state index contributed by atoms with van der Waals surface area (Å²) in [5.41, 5.74) is 3.61. The van der Waals surface area contributed by atoms with Gasteiger partial charge in [0.05, 0.1) is 26.1 Å². The highest BCUT2D eigenvalue weighted by molar-refractivity contribution is 7.99. The fourth-order valence-electron chi connectivity index (χ4n) is 3.02. The van der Waals surface area contributed by atoms with Crippen LogP contribution in [0.15, 0.2) is 48.5 Å². The van der Waals surface area contributed by atoms with Crippen molar-refractivity contribution < 1.29 is 14.3 Å². The van der Waals surface area contributed by atoms with E-state index in [1.54, 1.807) is 18.9 Å². The quantitative estimate of drug-likeness (QED) is 0.701. The normalized spacial score (nSPS) is 14.6. The third-order valence-corrected chi connectivity index (χ3v) is 5.69. The summed E-state index contributed by atoms with van der Waals surface area (Å²) in [5, 5.41) is 3.00. The molecule has 1 N–H and O–H groups in total. The molecule has 1 heterocycles. The topological polar surface area (TPSA) is 50.8 Å². The first-order chi connectivity index (χ1) is 13.7. The van der Waals surface area contributed by atoms with E-state index < -0.39 is 0 Å². The second kappa shape index (κ2) is 11.1. The Hall–Kier alpha value is -2.02. The van der Waals surface area contributed by atoms with Gasteiger partial charge < -0.3 is 14.8 Å².